The summed E-state index contributed by atoms with van der Waals surface area (Å²) in [7, 11) is 1.29. The van der Waals surface area contributed by atoms with Crippen molar-refractivity contribution < 1.29 is 23.8 Å². The molecule has 0 bridgehead atoms. The quantitative estimate of drug-likeness (QED) is 0.547. The van der Waals surface area contributed by atoms with Crippen LogP contribution in [0.3, 0.4) is 0 Å². The fourth-order valence-electron chi connectivity index (χ4n) is 1.94. The molecule has 0 aliphatic carbocycles. The Morgan fingerprint density at radius 3 is 2.58 bits per heavy atom. The highest BCUT2D eigenvalue weighted by atomic mass is 79.9. The highest BCUT2D eigenvalue weighted by molar-refractivity contribution is 9.08. The van der Waals surface area contributed by atoms with Crippen molar-refractivity contribution in [1.82, 2.24) is 4.98 Å². The van der Waals surface area contributed by atoms with Gasteiger partial charge in [0.1, 0.15) is 10.4 Å². The number of hydrogen-bond acceptors (Lipinski definition) is 7. The first-order valence-electron chi connectivity index (χ1n) is 7.16. The Bertz CT molecular complexity index is 766. The highest BCUT2D eigenvalue weighted by Gasteiger charge is 2.23. The summed E-state index contributed by atoms with van der Waals surface area (Å²) in [5, 5.41) is 1.26. The van der Waals surface area contributed by atoms with Crippen molar-refractivity contribution >= 4 is 49.4 Å². The number of carbonyl (C=O) groups excluding carboxylic acids is 2. The van der Waals surface area contributed by atoms with Gasteiger partial charge in [0, 0.05) is 5.33 Å². The lowest BCUT2D eigenvalue weighted by atomic mass is 10.2. The summed E-state index contributed by atoms with van der Waals surface area (Å²) >= 11 is 4.51. The zero-order valence-electron chi connectivity index (χ0n) is 13.8. The van der Waals surface area contributed by atoms with E-state index in [0.717, 1.165) is 5.69 Å². The summed E-state index contributed by atoms with van der Waals surface area (Å²) in [5.74, 6) is -0.749. The number of rotatable bonds is 5. The first-order chi connectivity index (χ1) is 11.2. The third-order valence-corrected chi connectivity index (χ3v) is 4.46. The molecule has 130 valence electrons. The van der Waals surface area contributed by atoms with Crippen LogP contribution < -0.4 is 4.74 Å². The Morgan fingerprint density at radius 1 is 1.29 bits per heavy atom. The van der Waals surface area contributed by atoms with Gasteiger partial charge in [-0.05, 0) is 32.9 Å². The maximum atomic E-state index is 12.0. The van der Waals surface area contributed by atoms with Crippen molar-refractivity contribution in [2.45, 2.75) is 31.7 Å². The summed E-state index contributed by atoms with van der Waals surface area (Å²) in [5.41, 5.74) is 0.230. The van der Waals surface area contributed by atoms with E-state index >= 15 is 0 Å². The van der Waals surface area contributed by atoms with Crippen molar-refractivity contribution in [3.05, 3.63) is 22.7 Å². The molecule has 0 spiro atoms. The number of thiophene rings is 1. The third-order valence-electron chi connectivity index (χ3n) is 2.83. The second kappa shape index (κ2) is 7.48. The maximum absolute atomic E-state index is 12.0. The molecule has 0 saturated carbocycles. The van der Waals surface area contributed by atoms with Crippen molar-refractivity contribution in [2.24, 2.45) is 0 Å². The van der Waals surface area contributed by atoms with Gasteiger partial charge in [-0.25, -0.2) is 14.6 Å². The van der Waals surface area contributed by atoms with Crippen molar-refractivity contribution in [2.75, 3.05) is 13.7 Å². The molecule has 0 saturated heterocycles. The summed E-state index contributed by atoms with van der Waals surface area (Å²) in [6.07, 6.45) is 0. The predicted molar refractivity (Wildman–Crippen MR) is 94.9 cm³/mol. The van der Waals surface area contributed by atoms with Gasteiger partial charge in [0.25, 0.3) is 0 Å². The average Bonchev–Trinajstić information content (AvgIpc) is 2.88. The van der Waals surface area contributed by atoms with Gasteiger partial charge in [0.2, 0.25) is 0 Å². The number of pyridine rings is 1. The van der Waals surface area contributed by atoms with Crippen LogP contribution in [0.5, 0.6) is 5.75 Å². The third kappa shape index (κ3) is 4.45. The Kier molecular flexibility index (Phi) is 5.82. The first-order valence-corrected chi connectivity index (χ1v) is 9.10. The van der Waals surface area contributed by atoms with E-state index in [1.54, 1.807) is 20.8 Å². The van der Waals surface area contributed by atoms with Gasteiger partial charge >= 0.3 is 11.9 Å². The Balaban J connectivity index is 2.32. The van der Waals surface area contributed by atoms with Crippen LogP contribution in [0.25, 0.3) is 10.2 Å². The zero-order valence-corrected chi connectivity index (χ0v) is 16.2. The molecule has 0 fully saturated rings. The number of alkyl halides is 1. The predicted octanol–water partition coefficient (Wildman–Crippen LogP) is 3.70. The lowest BCUT2D eigenvalue weighted by molar-refractivity contribution is -0.157. The molecular formula is C16H18BrNO5S. The molecule has 6 nitrogen and oxygen atoms in total. The van der Waals surface area contributed by atoms with E-state index in [2.05, 4.69) is 20.9 Å². The van der Waals surface area contributed by atoms with Crippen LogP contribution in [0.1, 0.15) is 36.1 Å². The van der Waals surface area contributed by atoms with Crippen LogP contribution in [-0.4, -0.2) is 36.2 Å². The molecule has 0 N–H and O–H groups in total. The normalized spacial score (nSPS) is 11.4. The number of fused-ring (bicyclic) bond motifs is 1. The minimum Gasteiger partial charge on any atom is -0.479 e. The molecule has 0 radical (unpaired) electrons. The van der Waals surface area contributed by atoms with Gasteiger partial charge in [-0.15, -0.1) is 11.3 Å². The summed E-state index contributed by atoms with van der Waals surface area (Å²) < 4.78 is 15.6. The topological polar surface area (TPSA) is 74.7 Å². The van der Waals surface area contributed by atoms with Crippen LogP contribution in [0.4, 0.5) is 0 Å². The zero-order chi connectivity index (χ0) is 17.9. The smallest absolute Gasteiger partial charge is 0.351 e. The van der Waals surface area contributed by atoms with Gasteiger partial charge in [0.15, 0.2) is 17.2 Å². The highest BCUT2D eigenvalue weighted by Crippen LogP contribution is 2.37. The second-order valence-corrected chi connectivity index (χ2v) is 7.48. The fourth-order valence-corrected chi connectivity index (χ4v) is 3.31. The Hall–Kier alpha value is -1.67. The van der Waals surface area contributed by atoms with Gasteiger partial charge in [-0.1, -0.05) is 15.9 Å². The maximum Gasteiger partial charge on any atom is 0.351 e. The Morgan fingerprint density at radius 2 is 2.00 bits per heavy atom. The van der Waals surface area contributed by atoms with Crippen LogP contribution in [-0.2, 0) is 19.6 Å². The molecule has 2 aromatic rings. The first kappa shape index (κ1) is 18.7. The van der Waals surface area contributed by atoms with Crippen LogP contribution in [0.15, 0.2) is 12.1 Å². The molecule has 0 atom stereocenters. The number of carbonyl (C=O) groups is 2. The number of hydrogen-bond donors (Lipinski definition) is 0. The van der Waals surface area contributed by atoms with Gasteiger partial charge in [0.05, 0.1) is 18.2 Å². The van der Waals surface area contributed by atoms with E-state index < -0.39 is 17.5 Å². The van der Waals surface area contributed by atoms with Gasteiger partial charge in [-0.3, -0.25) is 0 Å². The minimum atomic E-state index is -0.603. The van der Waals surface area contributed by atoms with Crippen molar-refractivity contribution in [1.29, 1.82) is 0 Å². The molecule has 2 rings (SSSR count). The number of aromatic nitrogens is 1. The molecule has 8 heteroatoms. The lowest BCUT2D eigenvalue weighted by Gasteiger charge is -2.19. The average molecular weight is 416 g/mol. The van der Waals surface area contributed by atoms with E-state index in [9.17, 15) is 9.59 Å². The molecule has 2 aromatic heterocycles. The van der Waals surface area contributed by atoms with Crippen LogP contribution >= 0.6 is 27.3 Å². The molecule has 0 aromatic carbocycles. The molecule has 24 heavy (non-hydrogen) atoms. The summed E-state index contributed by atoms with van der Waals surface area (Å²) in [4.78, 5) is 29.2. The lowest BCUT2D eigenvalue weighted by Crippen LogP contribution is -2.27. The molecular weight excluding hydrogens is 398 g/mol. The van der Waals surface area contributed by atoms with E-state index in [0.29, 0.717) is 21.3 Å². The van der Waals surface area contributed by atoms with Gasteiger partial charge < -0.3 is 14.2 Å². The molecule has 0 unspecified atom stereocenters. The van der Waals surface area contributed by atoms with Crippen molar-refractivity contribution in [3.8, 4) is 5.75 Å². The van der Waals surface area contributed by atoms with E-state index in [1.807, 2.05) is 12.1 Å². The minimum absolute atomic E-state index is 0.273. The monoisotopic (exact) mass is 415 g/mol. The second-order valence-electron chi connectivity index (χ2n) is 5.92. The van der Waals surface area contributed by atoms with Crippen LogP contribution in [0.2, 0.25) is 0 Å². The molecule has 0 aliphatic heterocycles. The van der Waals surface area contributed by atoms with Crippen molar-refractivity contribution in [3.63, 3.8) is 0 Å². The van der Waals surface area contributed by atoms with E-state index in [-0.39, 0.29) is 11.5 Å². The largest absolute Gasteiger partial charge is 0.479 e. The van der Waals surface area contributed by atoms with E-state index in [4.69, 9.17) is 14.2 Å². The number of methoxy groups -OCH3 is 1. The van der Waals surface area contributed by atoms with Crippen LogP contribution in [0, 0.1) is 0 Å². The van der Waals surface area contributed by atoms with Gasteiger partial charge in [-0.2, -0.15) is 0 Å². The number of halogens is 1. The summed E-state index contributed by atoms with van der Waals surface area (Å²) in [6.45, 7) is 5.02. The number of nitrogens with zero attached hydrogens (tertiary/aromatic N) is 1. The fraction of sp³-hybridized carbons (Fsp3) is 0.438. The standard InChI is InChI=1S/C16H18BrNO5S/c1-16(2,3)23-11(19)8-22-12-10-6-5-9(7-17)18-14(10)24-13(12)15(20)21-4/h5-6H,7-8H2,1-4H3. The molecule has 2 heterocycles. The Labute approximate surface area is 152 Å². The molecule has 0 aliphatic rings. The SMILES string of the molecule is COC(=O)c1sc2nc(CBr)ccc2c1OCC(=O)OC(C)(C)C. The number of esters is 2. The summed E-state index contributed by atoms with van der Waals surface area (Å²) in [6, 6.07) is 3.64. The number of ether oxygens (including phenoxy) is 3. The molecule has 0 amide bonds. The van der Waals surface area contributed by atoms with E-state index in [1.165, 1.54) is 18.4 Å².